The predicted molar refractivity (Wildman–Crippen MR) is 140 cm³/mol. The Morgan fingerprint density at radius 1 is 1.03 bits per heavy atom. The van der Waals surface area contributed by atoms with Crippen molar-refractivity contribution in [2.45, 2.75) is 25.3 Å². The molecule has 2 amide bonds. The van der Waals surface area contributed by atoms with Gasteiger partial charge in [0.25, 0.3) is 5.91 Å². The van der Waals surface area contributed by atoms with E-state index in [0.29, 0.717) is 29.3 Å². The van der Waals surface area contributed by atoms with Gasteiger partial charge in [0.05, 0.1) is 28.3 Å². The predicted octanol–water partition coefficient (Wildman–Crippen LogP) is 3.08. The van der Waals surface area contributed by atoms with Gasteiger partial charge in [0.15, 0.2) is 4.80 Å². The molecule has 1 fully saturated rings. The summed E-state index contributed by atoms with van der Waals surface area (Å²) in [5.41, 5.74) is 0.961. The number of rotatable bonds is 8. The Hall–Kier alpha value is -3.13. The largest absolute Gasteiger partial charge is 0.450 e. The summed E-state index contributed by atoms with van der Waals surface area (Å²) in [7, 11) is -3.80. The van der Waals surface area contributed by atoms with Crippen molar-refractivity contribution in [3.05, 3.63) is 58.6 Å². The van der Waals surface area contributed by atoms with Crippen molar-refractivity contribution < 1.29 is 31.9 Å². The summed E-state index contributed by atoms with van der Waals surface area (Å²) < 4.78 is 54.1. The van der Waals surface area contributed by atoms with Crippen molar-refractivity contribution in [2.75, 3.05) is 46.0 Å². The minimum absolute atomic E-state index is 0.0442. The van der Waals surface area contributed by atoms with Gasteiger partial charge in [-0.3, -0.25) is 4.79 Å². The molecular weight excluding hydrogens is 535 g/mol. The van der Waals surface area contributed by atoms with E-state index < -0.39 is 22.0 Å². The van der Waals surface area contributed by atoms with Gasteiger partial charge >= 0.3 is 6.09 Å². The molecule has 204 valence electrons. The zero-order valence-electron chi connectivity index (χ0n) is 21.1. The maximum Gasteiger partial charge on any atom is 0.409 e. The number of ether oxygens (including phenoxy) is 2. The summed E-state index contributed by atoms with van der Waals surface area (Å²) in [5, 5.41) is 0. The molecule has 0 bridgehead atoms. The highest BCUT2D eigenvalue weighted by Crippen LogP contribution is 2.21. The quantitative estimate of drug-likeness (QED) is 0.389. The number of sulfonamides is 1. The van der Waals surface area contributed by atoms with Gasteiger partial charge in [0.2, 0.25) is 10.0 Å². The van der Waals surface area contributed by atoms with Gasteiger partial charge in [0.1, 0.15) is 5.82 Å². The monoisotopic (exact) mass is 564 g/mol. The number of carbonyl (C=O) groups is 2. The second-order valence-electron chi connectivity index (χ2n) is 8.38. The lowest BCUT2D eigenvalue weighted by atomic mass is 10.2. The maximum atomic E-state index is 13.8. The molecule has 13 heteroatoms. The molecule has 2 aromatic carbocycles. The summed E-state index contributed by atoms with van der Waals surface area (Å²) in [4.78, 5) is 31.0. The molecule has 1 saturated heterocycles. The number of nitrogens with zero attached hydrogens (tertiary/aromatic N) is 4. The Balaban J connectivity index is 1.53. The molecule has 0 N–H and O–H groups in total. The first-order chi connectivity index (χ1) is 18.2. The van der Waals surface area contributed by atoms with Crippen molar-refractivity contribution >= 4 is 43.6 Å². The number of aromatic nitrogens is 1. The van der Waals surface area contributed by atoms with Gasteiger partial charge in [-0.2, -0.15) is 9.30 Å². The van der Waals surface area contributed by atoms with Gasteiger partial charge in [-0.1, -0.05) is 11.3 Å². The Kier molecular flexibility index (Phi) is 8.92. The van der Waals surface area contributed by atoms with Gasteiger partial charge in [-0.05, 0) is 56.3 Å². The smallest absolute Gasteiger partial charge is 0.409 e. The lowest BCUT2D eigenvalue weighted by Crippen LogP contribution is -2.50. The molecule has 1 aliphatic rings. The third-order valence-electron chi connectivity index (χ3n) is 6.01. The van der Waals surface area contributed by atoms with Crippen LogP contribution in [0, 0.1) is 5.82 Å². The number of benzene rings is 2. The molecular formula is C25H29FN4O6S2. The van der Waals surface area contributed by atoms with Gasteiger partial charge in [0, 0.05) is 44.9 Å². The highest BCUT2D eigenvalue weighted by molar-refractivity contribution is 7.89. The van der Waals surface area contributed by atoms with E-state index in [2.05, 4.69) is 4.99 Å². The van der Waals surface area contributed by atoms with E-state index in [1.165, 1.54) is 56.9 Å². The molecule has 2 heterocycles. The second kappa shape index (κ2) is 12.2. The Morgan fingerprint density at radius 2 is 1.74 bits per heavy atom. The average Bonchev–Trinajstić information content (AvgIpc) is 3.24. The highest BCUT2D eigenvalue weighted by atomic mass is 32.2. The van der Waals surface area contributed by atoms with E-state index >= 15 is 0 Å². The summed E-state index contributed by atoms with van der Waals surface area (Å²) in [6.45, 7) is 5.98. The van der Waals surface area contributed by atoms with Crippen molar-refractivity contribution in [1.29, 1.82) is 0 Å². The van der Waals surface area contributed by atoms with E-state index in [0.717, 1.165) is 5.52 Å². The van der Waals surface area contributed by atoms with Crippen LogP contribution in [-0.4, -0.2) is 80.2 Å². The zero-order valence-corrected chi connectivity index (χ0v) is 22.8. The lowest BCUT2D eigenvalue weighted by Gasteiger charge is -2.33. The highest BCUT2D eigenvalue weighted by Gasteiger charge is 2.30. The molecule has 0 spiro atoms. The van der Waals surface area contributed by atoms with Crippen LogP contribution in [0.4, 0.5) is 9.18 Å². The van der Waals surface area contributed by atoms with E-state index in [-0.39, 0.29) is 49.1 Å². The van der Waals surface area contributed by atoms with Gasteiger partial charge < -0.3 is 18.9 Å². The molecule has 4 rings (SSSR count). The average molecular weight is 565 g/mol. The summed E-state index contributed by atoms with van der Waals surface area (Å²) in [6, 6.07) is 9.98. The summed E-state index contributed by atoms with van der Waals surface area (Å²) >= 11 is 1.19. The van der Waals surface area contributed by atoms with Crippen LogP contribution in [0.5, 0.6) is 0 Å². The minimum Gasteiger partial charge on any atom is -0.450 e. The molecule has 0 atom stereocenters. The molecule has 0 unspecified atom stereocenters. The van der Waals surface area contributed by atoms with Crippen LogP contribution in [0.1, 0.15) is 24.2 Å². The summed E-state index contributed by atoms with van der Waals surface area (Å²) in [5.74, 6) is -0.929. The SMILES string of the molecule is CCOCCn1c(=NC(=O)c2ccc(S(=O)(=O)N3CCN(C(=O)OCC)CC3)cc2)sc2cc(F)ccc21. The molecule has 10 nitrogen and oxygen atoms in total. The molecule has 1 aliphatic heterocycles. The maximum absolute atomic E-state index is 13.8. The number of piperazine rings is 1. The zero-order chi connectivity index (χ0) is 27.3. The molecule has 38 heavy (non-hydrogen) atoms. The van der Waals surface area contributed by atoms with Crippen LogP contribution in [0.25, 0.3) is 10.2 Å². The fourth-order valence-corrected chi connectivity index (χ4v) is 6.55. The number of carbonyl (C=O) groups excluding carboxylic acids is 2. The van der Waals surface area contributed by atoms with Crippen molar-refractivity contribution in [1.82, 2.24) is 13.8 Å². The number of hydrogen-bond donors (Lipinski definition) is 0. The van der Waals surface area contributed by atoms with Crippen molar-refractivity contribution in [3.63, 3.8) is 0 Å². The molecule has 0 saturated carbocycles. The van der Waals surface area contributed by atoms with Crippen LogP contribution < -0.4 is 4.80 Å². The fourth-order valence-electron chi connectivity index (χ4n) is 4.04. The third kappa shape index (κ3) is 6.12. The molecule has 0 aliphatic carbocycles. The molecule has 3 aromatic rings. The number of halogens is 1. The normalized spacial score (nSPS) is 15.2. The van der Waals surface area contributed by atoms with E-state index in [1.807, 2.05) is 11.5 Å². The van der Waals surface area contributed by atoms with E-state index in [9.17, 15) is 22.4 Å². The van der Waals surface area contributed by atoms with Crippen LogP contribution in [0.3, 0.4) is 0 Å². The first-order valence-electron chi connectivity index (χ1n) is 12.2. The molecule has 0 radical (unpaired) electrons. The Labute approximate surface area is 224 Å². The van der Waals surface area contributed by atoms with E-state index in [1.54, 1.807) is 13.0 Å². The number of hydrogen-bond acceptors (Lipinski definition) is 7. The number of amides is 2. The first-order valence-corrected chi connectivity index (χ1v) is 14.5. The van der Waals surface area contributed by atoms with Crippen molar-refractivity contribution in [2.24, 2.45) is 4.99 Å². The van der Waals surface area contributed by atoms with Crippen LogP contribution >= 0.6 is 11.3 Å². The number of fused-ring (bicyclic) bond motifs is 1. The fraction of sp³-hybridized carbons (Fsp3) is 0.400. The Bertz CT molecular complexity index is 1480. The minimum atomic E-state index is -3.80. The topological polar surface area (TPSA) is 111 Å². The lowest BCUT2D eigenvalue weighted by molar-refractivity contribution is 0.0933. The van der Waals surface area contributed by atoms with Crippen LogP contribution in [-0.2, 0) is 26.0 Å². The summed E-state index contributed by atoms with van der Waals surface area (Å²) in [6.07, 6.45) is -0.459. The molecule has 1 aromatic heterocycles. The van der Waals surface area contributed by atoms with Crippen LogP contribution in [0.15, 0.2) is 52.4 Å². The number of thiazole rings is 1. The standard InChI is InChI=1S/C25H29FN4O6S2/c1-3-35-16-15-30-21-10-7-19(26)17-22(21)37-24(30)27-23(31)18-5-8-20(9-6-18)38(33,34)29-13-11-28(12-14-29)25(32)36-4-2/h5-10,17H,3-4,11-16H2,1-2H3. The van der Waals surface area contributed by atoms with Gasteiger partial charge in [-0.25, -0.2) is 17.6 Å². The second-order valence-corrected chi connectivity index (χ2v) is 11.3. The van der Waals surface area contributed by atoms with Crippen LogP contribution in [0.2, 0.25) is 0 Å². The first kappa shape index (κ1) is 27.9. The van der Waals surface area contributed by atoms with Crippen molar-refractivity contribution in [3.8, 4) is 0 Å². The van der Waals surface area contributed by atoms with Gasteiger partial charge in [-0.15, -0.1) is 0 Å². The third-order valence-corrected chi connectivity index (χ3v) is 8.96. The van der Waals surface area contributed by atoms with E-state index in [4.69, 9.17) is 9.47 Å². The Morgan fingerprint density at radius 3 is 2.39 bits per heavy atom.